The first-order valence-electron chi connectivity index (χ1n) is 5.50. The minimum Gasteiger partial charge on any atom is -0.384 e. The van der Waals surface area contributed by atoms with Crippen molar-refractivity contribution in [2.75, 3.05) is 11.9 Å². The van der Waals surface area contributed by atoms with Crippen molar-refractivity contribution in [2.24, 2.45) is 0 Å². The summed E-state index contributed by atoms with van der Waals surface area (Å²) >= 11 is 0. The second-order valence-corrected chi connectivity index (χ2v) is 3.64. The Labute approximate surface area is 109 Å². The Bertz CT molecular complexity index is 652. The van der Waals surface area contributed by atoms with Gasteiger partial charge in [0.2, 0.25) is 0 Å². The number of amides is 1. The normalized spacial score (nSPS) is 9.58. The van der Waals surface area contributed by atoms with Crippen LogP contribution >= 0.6 is 0 Å². The Hall–Kier alpha value is -2.65. The molecule has 0 atom stereocenters. The van der Waals surface area contributed by atoms with Crippen molar-refractivity contribution < 1.29 is 14.4 Å². The highest BCUT2D eigenvalue weighted by Crippen LogP contribution is 2.08. The van der Waals surface area contributed by atoms with Gasteiger partial charge in [0.1, 0.15) is 23.9 Å². The molecule has 0 radical (unpaired) electrons. The third-order valence-corrected chi connectivity index (χ3v) is 2.15. The zero-order valence-electron chi connectivity index (χ0n) is 10.2. The molecule has 0 fully saturated rings. The van der Waals surface area contributed by atoms with Crippen LogP contribution in [0.3, 0.4) is 0 Å². The Morgan fingerprint density at radius 1 is 1.53 bits per heavy atom. The van der Waals surface area contributed by atoms with Crippen molar-refractivity contribution in [3.8, 4) is 11.8 Å². The summed E-state index contributed by atoms with van der Waals surface area (Å²) in [7, 11) is 0. The molecule has 0 aliphatic heterocycles. The molecule has 1 amide bonds. The van der Waals surface area contributed by atoms with Crippen molar-refractivity contribution >= 4 is 11.7 Å². The van der Waals surface area contributed by atoms with E-state index in [0.29, 0.717) is 17.3 Å². The van der Waals surface area contributed by atoms with Crippen LogP contribution in [0, 0.1) is 18.8 Å². The number of hydrogen-bond donors (Lipinski definition) is 2. The largest absolute Gasteiger partial charge is 0.384 e. The topological polar surface area (TPSA) is 88.2 Å². The monoisotopic (exact) mass is 257 g/mol. The molecule has 2 N–H and O–H groups in total. The molecule has 0 spiro atoms. The molecule has 0 unspecified atom stereocenters. The molecule has 19 heavy (non-hydrogen) atoms. The van der Waals surface area contributed by atoms with Crippen LogP contribution in [0.5, 0.6) is 0 Å². The van der Waals surface area contributed by atoms with E-state index in [2.05, 4.69) is 27.3 Å². The number of hydrogen-bond acceptors (Lipinski definition) is 5. The predicted molar refractivity (Wildman–Crippen MR) is 67.4 cm³/mol. The SMILES string of the molecule is Cc1cc(C(=O)Nc2cccc(C#CCO)n2)no1. The van der Waals surface area contributed by atoms with Crippen molar-refractivity contribution in [1.29, 1.82) is 0 Å². The lowest BCUT2D eigenvalue weighted by Crippen LogP contribution is -2.13. The molecule has 6 heteroatoms. The minimum absolute atomic E-state index is 0.186. The average molecular weight is 257 g/mol. The van der Waals surface area contributed by atoms with E-state index in [1.54, 1.807) is 25.1 Å². The third-order valence-electron chi connectivity index (χ3n) is 2.15. The number of aliphatic hydroxyl groups is 1. The number of carbonyl (C=O) groups is 1. The van der Waals surface area contributed by atoms with E-state index in [1.807, 2.05) is 0 Å². The van der Waals surface area contributed by atoms with Crippen LogP contribution in [0.15, 0.2) is 28.8 Å². The predicted octanol–water partition coefficient (Wildman–Crippen LogP) is 0.974. The number of aliphatic hydroxyl groups excluding tert-OH is 1. The molecule has 0 aliphatic rings. The summed E-state index contributed by atoms with van der Waals surface area (Å²) in [6, 6.07) is 6.55. The smallest absolute Gasteiger partial charge is 0.279 e. The Morgan fingerprint density at radius 2 is 2.37 bits per heavy atom. The van der Waals surface area contributed by atoms with E-state index in [1.165, 1.54) is 6.07 Å². The molecule has 0 bridgehead atoms. The zero-order chi connectivity index (χ0) is 13.7. The summed E-state index contributed by atoms with van der Waals surface area (Å²) in [5.41, 5.74) is 0.648. The first kappa shape index (κ1) is 12.8. The lowest BCUT2D eigenvalue weighted by atomic mass is 10.3. The van der Waals surface area contributed by atoms with Gasteiger partial charge in [0.25, 0.3) is 5.91 Å². The molecule has 0 aliphatic carbocycles. The zero-order valence-corrected chi connectivity index (χ0v) is 10.2. The van der Waals surface area contributed by atoms with E-state index in [4.69, 9.17) is 9.63 Å². The maximum absolute atomic E-state index is 11.8. The van der Waals surface area contributed by atoms with Crippen molar-refractivity contribution in [3.63, 3.8) is 0 Å². The van der Waals surface area contributed by atoms with Gasteiger partial charge < -0.3 is 14.9 Å². The average Bonchev–Trinajstić information content (AvgIpc) is 2.83. The Kier molecular flexibility index (Phi) is 3.90. The van der Waals surface area contributed by atoms with Gasteiger partial charge in [0.05, 0.1) is 0 Å². The van der Waals surface area contributed by atoms with Crippen LogP contribution in [0.4, 0.5) is 5.82 Å². The molecular weight excluding hydrogens is 246 g/mol. The summed E-state index contributed by atoms with van der Waals surface area (Å²) in [6.07, 6.45) is 0. The second kappa shape index (κ2) is 5.80. The van der Waals surface area contributed by atoms with Crippen LogP contribution in [0.2, 0.25) is 0 Å². The van der Waals surface area contributed by atoms with Crippen LogP contribution in [-0.4, -0.2) is 27.8 Å². The van der Waals surface area contributed by atoms with Gasteiger partial charge in [0, 0.05) is 6.07 Å². The molecule has 0 saturated heterocycles. The molecule has 2 heterocycles. The number of rotatable bonds is 2. The van der Waals surface area contributed by atoms with Crippen molar-refractivity contribution in [2.45, 2.75) is 6.92 Å². The maximum Gasteiger partial charge on any atom is 0.279 e. The fraction of sp³-hybridized carbons (Fsp3) is 0.154. The highest BCUT2D eigenvalue weighted by Gasteiger charge is 2.11. The van der Waals surface area contributed by atoms with E-state index in [9.17, 15) is 4.79 Å². The summed E-state index contributed by atoms with van der Waals surface area (Å²) in [5, 5.41) is 14.8. The highest BCUT2D eigenvalue weighted by atomic mass is 16.5. The second-order valence-electron chi connectivity index (χ2n) is 3.64. The number of pyridine rings is 1. The van der Waals surface area contributed by atoms with Gasteiger partial charge in [-0.2, -0.15) is 0 Å². The molecule has 0 saturated carbocycles. The number of carbonyl (C=O) groups excluding carboxylic acids is 1. The number of aromatic nitrogens is 2. The molecule has 2 aromatic rings. The molecule has 2 aromatic heterocycles. The van der Waals surface area contributed by atoms with Crippen LogP contribution in [0.25, 0.3) is 0 Å². The number of anilines is 1. The summed E-state index contributed by atoms with van der Waals surface area (Å²) in [6.45, 7) is 1.46. The number of aryl methyl sites for hydroxylation is 1. The first-order chi connectivity index (χ1) is 9.19. The van der Waals surface area contributed by atoms with Gasteiger partial charge in [-0.3, -0.25) is 4.79 Å². The highest BCUT2D eigenvalue weighted by molar-refractivity contribution is 6.02. The van der Waals surface area contributed by atoms with Crippen molar-refractivity contribution in [3.05, 3.63) is 41.4 Å². The summed E-state index contributed by atoms with van der Waals surface area (Å²) < 4.78 is 4.82. The molecule has 2 rings (SSSR count). The lowest BCUT2D eigenvalue weighted by Gasteiger charge is -2.01. The fourth-order valence-electron chi connectivity index (χ4n) is 1.36. The van der Waals surface area contributed by atoms with E-state index >= 15 is 0 Å². The van der Waals surface area contributed by atoms with Crippen LogP contribution < -0.4 is 5.32 Å². The van der Waals surface area contributed by atoms with Crippen molar-refractivity contribution in [1.82, 2.24) is 10.1 Å². The van der Waals surface area contributed by atoms with E-state index in [-0.39, 0.29) is 12.3 Å². The van der Waals surface area contributed by atoms with Gasteiger partial charge in [-0.25, -0.2) is 4.98 Å². The number of nitrogens with zero attached hydrogens (tertiary/aromatic N) is 2. The summed E-state index contributed by atoms with van der Waals surface area (Å²) in [5.74, 6) is 5.65. The standard InChI is InChI=1S/C13H11N3O3/c1-9-8-11(16-19-9)13(18)15-12-6-2-4-10(14-12)5-3-7-17/h2,4,6,8,17H,7H2,1H3,(H,14,15,18). The molecular formula is C13H11N3O3. The number of nitrogens with one attached hydrogen (secondary N) is 1. The van der Waals surface area contributed by atoms with Gasteiger partial charge in [-0.1, -0.05) is 17.1 Å². The summed E-state index contributed by atoms with van der Waals surface area (Å²) in [4.78, 5) is 15.9. The lowest BCUT2D eigenvalue weighted by molar-refractivity contribution is 0.101. The quantitative estimate of drug-likeness (QED) is 0.783. The third kappa shape index (κ3) is 3.40. The first-order valence-corrected chi connectivity index (χ1v) is 5.50. The van der Waals surface area contributed by atoms with Gasteiger partial charge in [0.15, 0.2) is 5.69 Å². The van der Waals surface area contributed by atoms with Gasteiger partial charge in [-0.15, -0.1) is 0 Å². The van der Waals surface area contributed by atoms with E-state index in [0.717, 1.165) is 0 Å². The minimum atomic E-state index is -0.406. The molecule has 96 valence electrons. The van der Waals surface area contributed by atoms with Gasteiger partial charge >= 0.3 is 0 Å². The Balaban J connectivity index is 2.13. The Morgan fingerprint density at radius 3 is 3.05 bits per heavy atom. The molecule has 0 aromatic carbocycles. The molecule has 6 nitrogen and oxygen atoms in total. The maximum atomic E-state index is 11.8. The van der Waals surface area contributed by atoms with E-state index < -0.39 is 5.91 Å². The fourth-order valence-corrected chi connectivity index (χ4v) is 1.36. The van der Waals surface area contributed by atoms with Crippen LogP contribution in [0.1, 0.15) is 21.9 Å². The van der Waals surface area contributed by atoms with Crippen LogP contribution in [-0.2, 0) is 0 Å². The van der Waals surface area contributed by atoms with Gasteiger partial charge in [-0.05, 0) is 25.0 Å².